The van der Waals surface area contributed by atoms with E-state index >= 15 is 0 Å². The smallest absolute Gasteiger partial charge is 0.254 e. The Bertz CT molecular complexity index is 1190. The molecule has 1 amide bonds. The summed E-state index contributed by atoms with van der Waals surface area (Å²) in [5.74, 6) is -1.47. The fourth-order valence-corrected chi connectivity index (χ4v) is 5.21. The van der Waals surface area contributed by atoms with Gasteiger partial charge in [0.1, 0.15) is 11.5 Å². The van der Waals surface area contributed by atoms with Gasteiger partial charge in [0.15, 0.2) is 5.82 Å². The van der Waals surface area contributed by atoms with Crippen LogP contribution >= 0.6 is 0 Å². The number of carbonyl (C=O) groups is 1. The molecular formula is C27H31F2N5O. The monoisotopic (exact) mass is 479 g/mol. The van der Waals surface area contributed by atoms with E-state index in [1.54, 1.807) is 0 Å². The van der Waals surface area contributed by atoms with Gasteiger partial charge < -0.3 is 10.6 Å². The molecule has 3 aromatic rings. The number of benzene rings is 2. The lowest BCUT2D eigenvalue weighted by Crippen LogP contribution is -2.34. The number of fused-ring (bicyclic) bond motifs is 1. The van der Waals surface area contributed by atoms with E-state index in [0.717, 1.165) is 64.5 Å². The van der Waals surface area contributed by atoms with Crippen LogP contribution < -0.4 is 10.6 Å². The lowest BCUT2D eigenvalue weighted by Gasteiger charge is -2.28. The fraction of sp³-hybridized carbons (Fsp3) is 0.407. The molecule has 5 rings (SSSR count). The molecule has 0 atom stereocenters. The zero-order valence-electron chi connectivity index (χ0n) is 19.8. The number of nitrogens with one attached hydrogen (secondary N) is 2. The van der Waals surface area contributed by atoms with Gasteiger partial charge in [0.25, 0.3) is 5.91 Å². The SMILES string of the molecule is O=C(NCCCN1CCc2ccccc2C1)c1cnn(-c2ccc(F)cc2F)c1C1CCNCC1. The van der Waals surface area contributed by atoms with Crippen molar-refractivity contribution < 1.29 is 13.6 Å². The molecule has 8 heteroatoms. The van der Waals surface area contributed by atoms with Gasteiger partial charge in [-0.2, -0.15) is 5.10 Å². The standard InChI is InChI=1S/C27H31F2N5O/c28-22-6-7-25(24(29)16-22)34-26(20-8-12-30-13-9-20)23(17-32-34)27(35)31-11-3-14-33-15-10-19-4-1-2-5-21(19)18-33/h1-2,4-7,16-17,20,30H,3,8-15,18H2,(H,31,35). The Hall–Kier alpha value is -3.10. The summed E-state index contributed by atoms with van der Waals surface area (Å²) in [4.78, 5) is 15.6. The molecule has 0 radical (unpaired) electrons. The predicted octanol–water partition coefficient (Wildman–Crippen LogP) is 3.80. The molecule has 184 valence electrons. The van der Waals surface area contributed by atoms with E-state index < -0.39 is 11.6 Å². The van der Waals surface area contributed by atoms with Crippen LogP contribution in [0, 0.1) is 11.6 Å². The van der Waals surface area contributed by atoms with Crippen LogP contribution in [-0.4, -0.2) is 53.3 Å². The molecule has 1 aromatic heterocycles. The molecule has 2 aromatic carbocycles. The lowest BCUT2D eigenvalue weighted by atomic mass is 9.91. The Morgan fingerprint density at radius 3 is 2.71 bits per heavy atom. The van der Waals surface area contributed by atoms with Crippen molar-refractivity contribution in [3.05, 3.63) is 82.7 Å². The number of halogens is 2. The molecule has 0 bridgehead atoms. The summed E-state index contributed by atoms with van der Waals surface area (Å²) in [5.41, 5.74) is 4.13. The van der Waals surface area contributed by atoms with E-state index in [1.807, 2.05) is 0 Å². The number of aromatic nitrogens is 2. The summed E-state index contributed by atoms with van der Waals surface area (Å²) in [6.45, 7) is 5.08. The third-order valence-electron chi connectivity index (χ3n) is 7.06. The van der Waals surface area contributed by atoms with Gasteiger partial charge in [-0.1, -0.05) is 24.3 Å². The molecule has 2 aliphatic heterocycles. The Morgan fingerprint density at radius 1 is 1.11 bits per heavy atom. The van der Waals surface area contributed by atoms with Crippen molar-refractivity contribution in [2.75, 3.05) is 32.7 Å². The van der Waals surface area contributed by atoms with Crippen molar-refractivity contribution in [3.8, 4) is 5.69 Å². The summed E-state index contributed by atoms with van der Waals surface area (Å²) >= 11 is 0. The Balaban J connectivity index is 1.25. The van der Waals surface area contributed by atoms with E-state index in [1.165, 1.54) is 34.1 Å². The minimum Gasteiger partial charge on any atom is -0.352 e. The van der Waals surface area contributed by atoms with Crippen molar-refractivity contribution in [1.82, 2.24) is 25.3 Å². The van der Waals surface area contributed by atoms with E-state index in [-0.39, 0.29) is 17.5 Å². The predicted molar refractivity (Wildman–Crippen MR) is 131 cm³/mol. The average molecular weight is 480 g/mol. The second kappa shape index (κ2) is 10.7. The molecule has 0 unspecified atom stereocenters. The second-order valence-electron chi connectivity index (χ2n) is 9.38. The first-order valence-corrected chi connectivity index (χ1v) is 12.4. The maximum Gasteiger partial charge on any atom is 0.254 e. The van der Waals surface area contributed by atoms with Gasteiger partial charge in [-0.05, 0) is 62.0 Å². The highest BCUT2D eigenvalue weighted by Gasteiger charge is 2.28. The zero-order valence-corrected chi connectivity index (χ0v) is 19.8. The fourth-order valence-electron chi connectivity index (χ4n) is 5.21. The third kappa shape index (κ3) is 5.28. The van der Waals surface area contributed by atoms with Crippen LogP contribution in [0.3, 0.4) is 0 Å². The van der Waals surface area contributed by atoms with Gasteiger partial charge in [-0.25, -0.2) is 13.5 Å². The van der Waals surface area contributed by atoms with Crippen LogP contribution in [0.15, 0.2) is 48.7 Å². The normalized spacial score (nSPS) is 16.7. The number of hydrogen-bond donors (Lipinski definition) is 2. The van der Waals surface area contributed by atoms with E-state index in [9.17, 15) is 13.6 Å². The molecule has 0 saturated carbocycles. The van der Waals surface area contributed by atoms with Gasteiger partial charge in [0.2, 0.25) is 0 Å². The van der Waals surface area contributed by atoms with E-state index in [2.05, 4.69) is 44.9 Å². The number of nitrogens with zero attached hydrogens (tertiary/aromatic N) is 3. The maximum atomic E-state index is 14.6. The summed E-state index contributed by atoms with van der Waals surface area (Å²) < 4.78 is 29.6. The summed E-state index contributed by atoms with van der Waals surface area (Å²) in [6.07, 6.45) is 5.06. The highest BCUT2D eigenvalue weighted by Crippen LogP contribution is 2.31. The number of rotatable bonds is 7. The third-order valence-corrected chi connectivity index (χ3v) is 7.06. The van der Waals surface area contributed by atoms with Crippen molar-refractivity contribution in [2.24, 2.45) is 0 Å². The van der Waals surface area contributed by atoms with Gasteiger partial charge in [-0.3, -0.25) is 9.69 Å². The molecule has 3 heterocycles. The molecule has 1 saturated heterocycles. The first-order chi connectivity index (χ1) is 17.1. The van der Waals surface area contributed by atoms with Crippen LogP contribution in [0.1, 0.15) is 52.4 Å². The molecule has 1 fully saturated rings. The van der Waals surface area contributed by atoms with Crippen molar-refractivity contribution in [2.45, 2.75) is 38.1 Å². The molecule has 0 aliphatic carbocycles. The first kappa shape index (κ1) is 23.6. The maximum absolute atomic E-state index is 14.6. The first-order valence-electron chi connectivity index (χ1n) is 12.4. The van der Waals surface area contributed by atoms with E-state index in [0.29, 0.717) is 17.8 Å². The molecule has 2 N–H and O–H groups in total. The Kier molecular flexibility index (Phi) is 7.20. The van der Waals surface area contributed by atoms with Gasteiger partial charge in [0.05, 0.1) is 17.5 Å². The highest BCUT2D eigenvalue weighted by atomic mass is 19.1. The molecular weight excluding hydrogens is 448 g/mol. The van der Waals surface area contributed by atoms with Gasteiger partial charge in [0, 0.05) is 38.2 Å². The molecule has 35 heavy (non-hydrogen) atoms. The van der Waals surface area contributed by atoms with Crippen LogP contribution in [-0.2, 0) is 13.0 Å². The van der Waals surface area contributed by atoms with Crippen LogP contribution in [0.2, 0.25) is 0 Å². The summed E-state index contributed by atoms with van der Waals surface area (Å²) in [6, 6.07) is 12.0. The second-order valence-corrected chi connectivity index (χ2v) is 9.38. The van der Waals surface area contributed by atoms with Crippen LogP contribution in [0.5, 0.6) is 0 Å². The van der Waals surface area contributed by atoms with Crippen molar-refractivity contribution in [1.29, 1.82) is 0 Å². The number of carbonyl (C=O) groups excluding carboxylic acids is 1. The van der Waals surface area contributed by atoms with Gasteiger partial charge >= 0.3 is 0 Å². The van der Waals surface area contributed by atoms with Crippen molar-refractivity contribution in [3.63, 3.8) is 0 Å². The molecule has 6 nitrogen and oxygen atoms in total. The number of piperidine rings is 1. The minimum atomic E-state index is -0.696. The highest BCUT2D eigenvalue weighted by molar-refractivity contribution is 5.95. The zero-order chi connectivity index (χ0) is 24.2. The van der Waals surface area contributed by atoms with Crippen LogP contribution in [0.25, 0.3) is 5.69 Å². The molecule has 2 aliphatic rings. The Morgan fingerprint density at radius 2 is 1.91 bits per heavy atom. The summed E-state index contributed by atoms with van der Waals surface area (Å²) in [5, 5.41) is 10.7. The lowest BCUT2D eigenvalue weighted by molar-refractivity contribution is 0.0949. The number of amides is 1. The average Bonchev–Trinajstić information content (AvgIpc) is 3.32. The number of hydrogen-bond acceptors (Lipinski definition) is 4. The largest absolute Gasteiger partial charge is 0.352 e. The van der Waals surface area contributed by atoms with Crippen LogP contribution in [0.4, 0.5) is 8.78 Å². The van der Waals surface area contributed by atoms with Gasteiger partial charge in [-0.15, -0.1) is 0 Å². The van der Waals surface area contributed by atoms with E-state index in [4.69, 9.17) is 0 Å². The topological polar surface area (TPSA) is 62.2 Å². The minimum absolute atomic E-state index is 0.0670. The van der Waals surface area contributed by atoms with Crippen molar-refractivity contribution >= 4 is 5.91 Å². The quantitative estimate of drug-likeness (QED) is 0.506. The summed E-state index contributed by atoms with van der Waals surface area (Å²) in [7, 11) is 0. The Labute approximate surface area is 204 Å². The molecule has 0 spiro atoms.